The van der Waals surface area contributed by atoms with Gasteiger partial charge in [-0.25, -0.2) is 0 Å². The number of para-hydroxylation sites is 1. The van der Waals surface area contributed by atoms with Crippen LogP contribution < -0.4 is 0 Å². The minimum absolute atomic E-state index is 0.282. The Balaban J connectivity index is 2.33. The van der Waals surface area contributed by atoms with Crippen molar-refractivity contribution in [2.24, 2.45) is 5.41 Å². The largest absolute Gasteiger partial charge is 0.256 e. The molecular formula is C14H16BrN. The smallest absolute Gasteiger partial charge is 0.0702 e. The second-order valence-electron chi connectivity index (χ2n) is 5.01. The Morgan fingerprint density at radius 2 is 2.00 bits per heavy atom. The zero-order valence-corrected chi connectivity index (χ0v) is 11.3. The predicted octanol–water partition coefficient (Wildman–Crippen LogP) is 4.20. The first-order chi connectivity index (χ1) is 7.61. The average Bonchev–Trinajstić information content (AvgIpc) is 2.28. The molecule has 0 amide bonds. The number of halogens is 1. The Morgan fingerprint density at radius 1 is 1.25 bits per heavy atom. The third-order valence-electron chi connectivity index (χ3n) is 2.69. The fourth-order valence-corrected chi connectivity index (χ4v) is 2.01. The van der Waals surface area contributed by atoms with Crippen LogP contribution in [0.5, 0.6) is 0 Å². The van der Waals surface area contributed by atoms with Crippen LogP contribution >= 0.6 is 15.9 Å². The molecule has 0 aliphatic rings. The summed E-state index contributed by atoms with van der Waals surface area (Å²) in [6.45, 7) is 4.52. The average molecular weight is 278 g/mol. The Bertz CT molecular complexity index is 491. The second kappa shape index (κ2) is 4.54. The van der Waals surface area contributed by atoms with Gasteiger partial charge in [0.1, 0.15) is 0 Å². The fourth-order valence-electron chi connectivity index (χ4n) is 1.81. The van der Waals surface area contributed by atoms with E-state index in [1.165, 1.54) is 10.9 Å². The van der Waals surface area contributed by atoms with Crippen molar-refractivity contribution in [2.45, 2.75) is 20.3 Å². The van der Waals surface area contributed by atoms with Gasteiger partial charge in [-0.05, 0) is 29.5 Å². The zero-order chi connectivity index (χ0) is 11.6. The lowest BCUT2D eigenvalue weighted by atomic mass is 9.88. The lowest BCUT2D eigenvalue weighted by molar-refractivity contribution is 0.424. The molecule has 0 unspecified atom stereocenters. The van der Waals surface area contributed by atoms with Gasteiger partial charge in [-0.2, -0.15) is 0 Å². The summed E-state index contributed by atoms with van der Waals surface area (Å²) in [5, 5.41) is 2.23. The van der Waals surface area contributed by atoms with Gasteiger partial charge in [0.15, 0.2) is 0 Å². The molecule has 0 bridgehead atoms. The van der Waals surface area contributed by atoms with Crippen LogP contribution in [0.15, 0.2) is 36.5 Å². The molecule has 2 heteroatoms. The Hall–Kier alpha value is -0.890. The van der Waals surface area contributed by atoms with Crippen LogP contribution in [0.2, 0.25) is 0 Å². The van der Waals surface area contributed by atoms with E-state index in [1.807, 2.05) is 12.3 Å². The third-order valence-corrected chi connectivity index (χ3v) is 4.21. The summed E-state index contributed by atoms with van der Waals surface area (Å²) in [6, 6.07) is 10.5. The molecule has 2 aromatic rings. The molecular weight excluding hydrogens is 262 g/mol. The molecule has 16 heavy (non-hydrogen) atoms. The van der Waals surface area contributed by atoms with Crippen molar-refractivity contribution in [3.63, 3.8) is 0 Å². The molecule has 0 saturated heterocycles. The topological polar surface area (TPSA) is 12.9 Å². The van der Waals surface area contributed by atoms with E-state index in [0.29, 0.717) is 0 Å². The van der Waals surface area contributed by atoms with Crippen molar-refractivity contribution < 1.29 is 0 Å². The van der Waals surface area contributed by atoms with Crippen LogP contribution in [-0.4, -0.2) is 10.3 Å². The number of benzene rings is 1. The molecule has 2 rings (SSSR count). The zero-order valence-electron chi connectivity index (χ0n) is 9.70. The highest BCUT2D eigenvalue weighted by Crippen LogP contribution is 2.25. The number of alkyl halides is 1. The molecule has 0 saturated carbocycles. The maximum Gasteiger partial charge on any atom is 0.0702 e. The van der Waals surface area contributed by atoms with Gasteiger partial charge in [-0.1, -0.05) is 48.0 Å². The molecule has 0 aliphatic heterocycles. The van der Waals surface area contributed by atoms with Crippen LogP contribution in [0.1, 0.15) is 19.4 Å². The summed E-state index contributed by atoms with van der Waals surface area (Å²) in [7, 11) is 0. The van der Waals surface area contributed by atoms with Crippen molar-refractivity contribution in [1.82, 2.24) is 4.98 Å². The maximum atomic E-state index is 4.48. The maximum absolute atomic E-state index is 4.48. The lowest BCUT2D eigenvalue weighted by Crippen LogP contribution is -2.16. The summed E-state index contributed by atoms with van der Waals surface area (Å²) in [5.41, 5.74) is 2.66. The second-order valence-corrected chi connectivity index (χ2v) is 5.57. The Morgan fingerprint density at radius 3 is 2.75 bits per heavy atom. The van der Waals surface area contributed by atoms with Gasteiger partial charge in [-0.15, -0.1) is 0 Å². The minimum atomic E-state index is 0.282. The van der Waals surface area contributed by atoms with E-state index in [1.54, 1.807) is 0 Å². The highest BCUT2D eigenvalue weighted by atomic mass is 79.9. The van der Waals surface area contributed by atoms with Crippen molar-refractivity contribution >= 4 is 26.8 Å². The first-order valence-electron chi connectivity index (χ1n) is 5.50. The highest BCUT2D eigenvalue weighted by Gasteiger charge is 2.16. The van der Waals surface area contributed by atoms with Gasteiger partial charge >= 0.3 is 0 Å². The third kappa shape index (κ3) is 2.62. The number of nitrogens with zero attached hydrogens (tertiary/aromatic N) is 1. The summed E-state index contributed by atoms with van der Waals surface area (Å²) in [5.74, 6) is 0. The summed E-state index contributed by atoms with van der Waals surface area (Å²) in [6.07, 6.45) is 3.04. The molecule has 0 radical (unpaired) electrons. The van der Waals surface area contributed by atoms with E-state index in [-0.39, 0.29) is 5.41 Å². The summed E-state index contributed by atoms with van der Waals surface area (Å²) < 4.78 is 0. The Kier molecular flexibility index (Phi) is 3.29. The number of rotatable bonds is 3. The number of pyridine rings is 1. The molecule has 0 N–H and O–H groups in total. The standard InChI is InChI=1S/C14H16BrN/c1-14(2,10-15)8-11-7-12-5-3-4-6-13(12)16-9-11/h3-7,9H,8,10H2,1-2H3. The van der Waals surface area contributed by atoms with Crippen LogP contribution in [0.4, 0.5) is 0 Å². The van der Waals surface area contributed by atoms with Crippen molar-refractivity contribution in [2.75, 3.05) is 5.33 Å². The molecule has 0 spiro atoms. The number of hydrogen-bond donors (Lipinski definition) is 0. The summed E-state index contributed by atoms with van der Waals surface area (Å²) in [4.78, 5) is 4.48. The van der Waals surface area contributed by atoms with Crippen LogP contribution in [0.3, 0.4) is 0 Å². The minimum Gasteiger partial charge on any atom is -0.256 e. The molecule has 1 nitrogen and oxygen atoms in total. The fraction of sp³-hybridized carbons (Fsp3) is 0.357. The van der Waals surface area contributed by atoms with Gasteiger partial charge in [0.05, 0.1) is 5.52 Å². The van der Waals surface area contributed by atoms with Crippen LogP contribution in [0, 0.1) is 5.41 Å². The van der Waals surface area contributed by atoms with E-state index in [0.717, 1.165) is 17.3 Å². The molecule has 0 aliphatic carbocycles. The Labute approximate surface area is 105 Å². The van der Waals surface area contributed by atoms with E-state index < -0.39 is 0 Å². The van der Waals surface area contributed by atoms with Gasteiger partial charge in [0.2, 0.25) is 0 Å². The molecule has 1 aromatic carbocycles. The molecule has 1 aromatic heterocycles. The van der Waals surface area contributed by atoms with Crippen molar-refractivity contribution in [1.29, 1.82) is 0 Å². The van der Waals surface area contributed by atoms with Gasteiger partial charge in [-0.3, -0.25) is 4.98 Å². The first kappa shape index (κ1) is 11.6. The van der Waals surface area contributed by atoms with Crippen molar-refractivity contribution in [3.8, 4) is 0 Å². The summed E-state index contributed by atoms with van der Waals surface area (Å²) >= 11 is 3.56. The lowest BCUT2D eigenvalue weighted by Gasteiger charge is -2.21. The molecule has 0 atom stereocenters. The number of hydrogen-bond acceptors (Lipinski definition) is 1. The first-order valence-corrected chi connectivity index (χ1v) is 6.62. The number of fused-ring (bicyclic) bond motifs is 1. The van der Waals surface area contributed by atoms with E-state index in [9.17, 15) is 0 Å². The van der Waals surface area contributed by atoms with Gasteiger partial charge in [0.25, 0.3) is 0 Å². The quantitative estimate of drug-likeness (QED) is 0.767. The molecule has 0 fully saturated rings. The highest BCUT2D eigenvalue weighted by molar-refractivity contribution is 9.09. The van der Waals surface area contributed by atoms with E-state index in [2.05, 4.69) is 59.0 Å². The van der Waals surface area contributed by atoms with Crippen LogP contribution in [-0.2, 0) is 6.42 Å². The van der Waals surface area contributed by atoms with Gasteiger partial charge < -0.3 is 0 Å². The van der Waals surface area contributed by atoms with Crippen molar-refractivity contribution in [3.05, 3.63) is 42.1 Å². The van der Waals surface area contributed by atoms with Gasteiger partial charge in [0, 0.05) is 16.9 Å². The monoisotopic (exact) mass is 277 g/mol. The normalized spacial score (nSPS) is 11.9. The van der Waals surface area contributed by atoms with E-state index in [4.69, 9.17) is 0 Å². The molecule has 84 valence electrons. The van der Waals surface area contributed by atoms with Crippen LogP contribution in [0.25, 0.3) is 10.9 Å². The van der Waals surface area contributed by atoms with E-state index >= 15 is 0 Å². The molecule has 1 heterocycles. The SMILES string of the molecule is CC(C)(CBr)Cc1cnc2ccccc2c1. The predicted molar refractivity (Wildman–Crippen MR) is 73.0 cm³/mol. The number of aromatic nitrogens is 1.